The number of methoxy groups -OCH3 is 2. The van der Waals surface area contributed by atoms with Gasteiger partial charge in [-0.1, -0.05) is 18.2 Å². The van der Waals surface area contributed by atoms with Gasteiger partial charge in [0.05, 0.1) is 25.6 Å². The van der Waals surface area contributed by atoms with Crippen molar-refractivity contribution >= 4 is 17.2 Å². The van der Waals surface area contributed by atoms with Gasteiger partial charge in [0, 0.05) is 37.1 Å². The maximum Gasteiger partial charge on any atom is 0.573 e. The minimum absolute atomic E-state index is 0.232. The summed E-state index contributed by atoms with van der Waals surface area (Å²) in [5, 5.41) is 2.78. The molecule has 0 spiro atoms. The summed E-state index contributed by atoms with van der Waals surface area (Å²) in [6.45, 7) is 1.98. The minimum atomic E-state index is -4.78. The molecule has 0 saturated heterocycles. The van der Waals surface area contributed by atoms with Crippen LogP contribution in [0.5, 0.6) is 23.0 Å². The van der Waals surface area contributed by atoms with E-state index in [9.17, 15) is 18.0 Å². The van der Waals surface area contributed by atoms with Crippen molar-refractivity contribution in [3.63, 3.8) is 0 Å². The number of ether oxygens (including phenoxy) is 4. The Balaban J connectivity index is 1.13. The van der Waals surface area contributed by atoms with Gasteiger partial charge in [0.15, 0.2) is 18.1 Å². The number of fused-ring (bicyclic) bond motifs is 2. The highest BCUT2D eigenvalue weighted by Gasteiger charge is 2.31. The second-order valence-electron chi connectivity index (χ2n) is 10.7. The Morgan fingerprint density at radius 3 is 2.30 bits per heavy atom. The number of carbonyl (C=O) groups is 1. The van der Waals surface area contributed by atoms with Crippen LogP contribution in [0.1, 0.15) is 16.8 Å². The van der Waals surface area contributed by atoms with Crippen LogP contribution in [0, 0.1) is 0 Å². The lowest BCUT2D eigenvalue weighted by Crippen LogP contribution is -2.30. The second kappa shape index (κ2) is 13.0. The maximum atomic E-state index is 12.5. The van der Waals surface area contributed by atoms with E-state index in [0.29, 0.717) is 18.0 Å². The van der Waals surface area contributed by atoms with Gasteiger partial charge < -0.3 is 28.7 Å². The zero-order chi connectivity index (χ0) is 32.3. The standard InChI is InChI=1S/C34H31F3N4O5/c1-43-29-17-23-14-16-40(19-24(23)18-30(29)44-2)20-28-33(39-31-5-3-4-15-41(28)31)22-6-8-25(9-7-22)38-32(42)21-45-26-10-12-27(13-11-26)46-34(35,36)37/h3-13,15,17-18H,14,16,19-21H2,1-2H3,(H,38,42). The SMILES string of the molecule is COc1cc2c(cc1OC)CN(Cc1c(-c3ccc(NC(=O)COc4ccc(OC(F)(F)F)cc4)cc3)nc3ccccn13)CC2. The molecule has 3 heterocycles. The third kappa shape index (κ3) is 7.02. The van der Waals surface area contributed by atoms with Crippen molar-refractivity contribution in [1.29, 1.82) is 0 Å². The van der Waals surface area contributed by atoms with E-state index in [1.807, 2.05) is 36.5 Å². The summed E-state index contributed by atoms with van der Waals surface area (Å²) in [7, 11) is 3.29. The van der Waals surface area contributed by atoms with E-state index >= 15 is 0 Å². The van der Waals surface area contributed by atoms with Crippen molar-refractivity contribution in [1.82, 2.24) is 14.3 Å². The summed E-state index contributed by atoms with van der Waals surface area (Å²) < 4.78 is 59.4. The van der Waals surface area contributed by atoms with Gasteiger partial charge in [-0.05, 0) is 78.2 Å². The van der Waals surface area contributed by atoms with Crippen LogP contribution >= 0.6 is 0 Å². The van der Waals surface area contributed by atoms with E-state index < -0.39 is 12.3 Å². The predicted molar refractivity (Wildman–Crippen MR) is 165 cm³/mol. The lowest BCUT2D eigenvalue weighted by molar-refractivity contribution is -0.274. The van der Waals surface area contributed by atoms with Gasteiger partial charge in [-0.25, -0.2) is 4.98 Å². The van der Waals surface area contributed by atoms with Gasteiger partial charge in [0.25, 0.3) is 5.91 Å². The molecule has 6 rings (SSSR count). The number of hydrogen-bond acceptors (Lipinski definition) is 7. The quantitative estimate of drug-likeness (QED) is 0.188. The molecule has 9 nitrogen and oxygen atoms in total. The average molecular weight is 633 g/mol. The summed E-state index contributed by atoms with van der Waals surface area (Å²) >= 11 is 0. The van der Waals surface area contributed by atoms with Crippen LogP contribution in [-0.2, 0) is 24.3 Å². The predicted octanol–water partition coefficient (Wildman–Crippen LogP) is 6.49. The Labute approximate surface area is 263 Å². The summed E-state index contributed by atoms with van der Waals surface area (Å²) in [5.74, 6) is 0.887. The first-order chi connectivity index (χ1) is 22.2. The summed E-state index contributed by atoms with van der Waals surface area (Å²) in [5.41, 5.74) is 6.66. The molecule has 0 saturated carbocycles. The highest BCUT2D eigenvalue weighted by molar-refractivity contribution is 5.92. The highest BCUT2D eigenvalue weighted by atomic mass is 19.4. The van der Waals surface area contributed by atoms with Crippen molar-refractivity contribution in [3.05, 3.63) is 102 Å². The Morgan fingerprint density at radius 2 is 1.61 bits per heavy atom. The number of halogens is 3. The molecular weight excluding hydrogens is 601 g/mol. The molecule has 1 aliphatic heterocycles. The molecule has 1 N–H and O–H groups in total. The lowest BCUT2D eigenvalue weighted by atomic mass is 9.98. The van der Waals surface area contributed by atoms with Crippen LogP contribution in [0.25, 0.3) is 16.9 Å². The Bertz CT molecular complexity index is 1840. The number of nitrogens with one attached hydrogen (secondary N) is 1. The molecule has 0 unspecified atom stereocenters. The molecular formula is C34H31F3N4O5. The van der Waals surface area contributed by atoms with Gasteiger partial charge >= 0.3 is 6.36 Å². The fourth-order valence-corrected chi connectivity index (χ4v) is 5.51. The zero-order valence-corrected chi connectivity index (χ0v) is 25.1. The van der Waals surface area contributed by atoms with Crippen LogP contribution in [0.4, 0.5) is 18.9 Å². The summed E-state index contributed by atoms with van der Waals surface area (Å²) in [6, 6.07) is 22.3. The van der Waals surface area contributed by atoms with E-state index in [1.54, 1.807) is 26.4 Å². The molecule has 1 amide bonds. The number of imidazole rings is 1. The average Bonchev–Trinajstić information content (AvgIpc) is 3.41. The number of nitrogens with zero attached hydrogens (tertiary/aromatic N) is 3. The van der Waals surface area contributed by atoms with Crippen LogP contribution in [0.2, 0.25) is 0 Å². The Hall–Kier alpha value is -5.23. The monoisotopic (exact) mass is 632 g/mol. The number of amides is 1. The van der Waals surface area contributed by atoms with Gasteiger partial charge in [-0.15, -0.1) is 13.2 Å². The number of aromatic nitrogens is 2. The second-order valence-corrected chi connectivity index (χ2v) is 10.7. The molecule has 3 aromatic carbocycles. The van der Waals surface area contributed by atoms with Gasteiger partial charge in [-0.2, -0.15) is 0 Å². The maximum absolute atomic E-state index is 12.5. The topological polar surface area (TPSA) is 86.6 Å². The summed E-state index contributed by atoms with van der Waals surface area (Å²) in [4.78, 5) is 19.8. The molecule has 5 aromatic rings. The molecule has 46 heavy (non-hydrogen) atoms. The lowest BCUT2D eigenvalue weighted by Gasteiger charge is -2.29. The number of benzene rings is 3. The van der Waals surface area contributed by atoms with Gasteiger partial charge in [-0.3, -0.25) is 9.69 Å². The van der Waals surface area contributed by atoms with E-state index in [1.165, 1.54) is 23.3 Å². The van der Waals surface area contributed by atoms with E-state index in [-0.39, 0.29) is 18.1 Å². The fraction of sp³-hybridized carbons (Fsp3) is 0.235. The molecule has 238 valence electrons. The van der Waals surface area contributed by atoms with Crippen LogP contribution in [-0.4, -0.2) is 53.9 Å². The first-order valence-electron chi connectivity index (χ1n) is 14.5. The molecule has 2 aromatic heterocycles. The first-order valence-corrected chi connectivity index (χ1v) is 14.5. The zero-order valence-electron chi connectivity index (χ0n) is 25.1. The molecule has 0 atom stereocenters. The van der Waals surface area contributed by atoms with Crippen molar-refractivity contribution in [2.24, 2.45) is 0 Å². The number of carbonyl (C=O) groups excluding carboxylic acids is 1. The van der Waals surface area contributed by atoms with E-state index in [0.717, 1.165) is 60.0 Å². The van der Waals surface area contributed by atoms with Crippen LogP contribution in [0.3, 0.4) is 0 Å². The van der Waals surface area contributed by atoms with E-state index in [4.69, 9.17) is 19.2 Å². The van der Waals surface area contributed by atoms with Crippen molar-refractivity contribution in [3.8, 4) is 34.3 Å². The summed E-state index contributed by atoms with van der Waals surface area (Å²) in [6.07, 6.45) is -1.88. The number of anilines is 1. The smallest absolute Gasteiger partial charge is 0.493 e. The molecule has 1 aliphatic rings. The fourth-order valence-electron chi connectivity index (χ4n) is 5.51. The van der Waals surface area contributed by atoms with Gasteiger partial charge in [0.1, 0.15) is 17.1 Å². The third-order valence-corrected chi connectivity index (χ3v) is 7.67. The number of hydrogen-bond donors (Lipinski definition) is 1. The van der Waals surface area contributed by atoms with E-state index in [2.05, 4.69) is 31.5 Å². The number of pyridine rings is 1. The highest BCUT2D eigenvalue weighted by Crippen LogP contribution is 2.34. The Morgan fingerprint density at radius 1 is 0.913 bits per heavy atom. The normalized spacial score (nSPS) is 13.2. The molecule has 0 fully saturated rings. The number of rotatable bonds is 10. The molecule has 0 radical (unpaired) electrons. The van der Waals surface area contributed by atoms with Gasteiger partial charge in [0.2, 0.25) is 0 Å². The molecule has 12 heteroatoms. The van der Waals surface area contributed by atoms with Crippen molar-refractivity contribution < 1.29 is 36.9 Å². The first kappa shape index (κ1) is 30.8. The van der Waals surface area contributed by atoms with Crippen molar-refractivity contribution in [2.45, 2.75) is 25.9 Å². The third-order valence-electron chi connectivity index (χ3n) is 7.67. The molecule has 0 aliphatic carbocycles. The van der Waals surface area contributed by atoms with Crippen molar-refractivity contribution in [2.75, 3.05) is 32.7 Å². The Kier molecular flexibility index (Phi) is 8.71. The number of alkyl halides is 3. The van der Waals surface area contributed by atoms with Crippen LogP contribution < -0.4 is 24.3 Å². The minimum Gasteiger partial charge on any atom is -0.493 e. The molecule has 0 bridgehead atoms. The largest absolute Gasteiger partial charge is 0.573 e. The van der Waals surface area contributed by atoms with Crippen LogP contribution in [0.15, 0.2) is 85.1 Å².